The van der Waals surface area contributed by atoms with Crippen LogP contribution in [0.1, 0.15) is 16.6 Å². The van der Waals surface area contributed by atoms with Crippen molar-refractivity contribution in [1.82, 2.24) is 19.9 Å². The predicted molar refractivity (Wildman–Crippen MR) is 106 cm³/mol. The molecule has 4 rings (SSSR count). The summed E-state index contributed by atoms with van der Waals surface area (Å²) < 4.78 is 5.00. The molecule has 1 atom stereocenters. The summed E-state index contributed by atoms with van der Waals surface area (Å²) >= 11 is 1.35. The second kappa shape index (κ2) is 7.84. The molecule has 3 aromatic heterocycles. The van der Waals surface area contributed by atoms with E-state index in [2.05, 4.69) is 20.3 Å². The van der Waals surface area contributed by atoms with Crippen molar-refractivity contribution >= 4 is 35.0 Å². The van der Waals surface area contributed by atoms with Crippen molar-refractivity contribution in [3.05, 3.63) is 53.3 Å². The Bertz CT molecular complexity index is 1070. The molecule has 0 spiro atoms. The minimum absolute atomic E-state index is 0.0765. The highest BCUT2D eigenvalue weighted by Crippen LogP contribution is 2.34. The van der Waals surface area contributed by atoms with Crippen LogP contribution in [0.3, 0.4) is 0 Å². The lowest BCUT2D eigenvalue weighted by Crippen LogP contribution is -2.32. The summed E-state index contributed by atoms with van der Waals surface area (Å²) in [4.78, 5) is 38.0. The van der Waals surface area contributed by atoms with E-state index in [4.69, 9.17) is 9.84 Å². The second-order valence-corrected chi connectivity index (χ2v) is 7.49. The Morgan fingerprint density at radius 2 is 2.21 bits per heavy atom. The lowest BCUT2D eigenvalue weighted by Gasteiger charge is -2.16. The van der Waals surface area contributed by atoms with Gasteiger partial charge >= 0.3 is 12.1 Å². The van der Waals surface area contributed by atoms with Gasteiger partial charge in [-0.2, -0.15) is 0 Å². The van der Waals surface area contributed by atoms with Crippen molar-refractivity contribution in [2.75, 3.05) is 18.5 Å². The number of ether oxygens (including phenoxy) is 1. The summed E-state index contributed by atoms with van der Waals surface area (Å²) in [6.45, 7) is 1.63. The highest BCUT2D eigenvalue weighted by atomic mass is 32.1. The van der Waals surface area contributed by atoms with Crippen molar-refractivity contribution < 1.29 is 19.4 Å². The van der Waals surface area contributed by atoms with Gasteiger partial charge in [0, 0.05) is 12.4 Å². The Labute approximate surface area is 170 Å². The molecule has 1 fully saturated rings. The molecule has 0 bridgehead atoms. The molecule has 1 aliphatic rings. The SMILES string of the molecule is Cc1ccnc(Nc2cccc(-c3cnc([C@@H]4COC(=O)N4CC(=O)O)s3)n2)c1. The summed E-state index contributed by atoms with van der Waals surface area (Å²) in [6, 6.07) is 8.89. The zero-order chi connectivity index (χ0) is 20.4. The molecule has 0 aromatic carbocycles. The summed E-state index contributed by atoms with van der Waals surface area (Å²) in [5.41, 5.74) is 1.80. The van der Waals surface area contributed by atoms with Gasteiger partial charge in [-0.3, -0.25) is 9.69 Å². The van der Waals surface area contributed by atoms with E-state index in [1.165, 1.54) is 16.2 Å². The number of carboxylic acids is 1. The molecule has 9 nitrogen and oxygen atoms in total. The first-order valence-electron chi connectivity index (χ1n) is 8.77. The number of hydrogen-bond donors (Lipinski definition) is 2. The average Bonchev–Trinajstić information content (AvgIpc) is 3.29. The van der Waals surface area contributed by atoms with Crippen LogP contribution in [-0.2, 0) is 9.53 Å². The number of nitrogens with one attached hydrogen (secondary N) is 1. The van der Waals surface area contributed by atoms with Gasteiger partial charge in [0.15, 0.2) is 0 Å². The van der Waals surface area contributed by atoms with Crippen molar-refractivity contribution in [2.24, 2.45) is 0 Å². The number of pyridine rings is 2. The van der Waals surface area contributed by atoms with Crippen LogP contribution in [0.15, 0.2) is 42.7 Å². The number of thiazole rings is 1. The number of aliphatic carboxylic acids is 1. The summed E-state index contributed by atoms with van der Waals surface area (Å²) in [6.07, 6.45) is 2.74. The molecule has 4 heterocycles. The molecule has 29 heavy (non-hydrogen) atoms. The number of anilines is 2. The van der Waals surface area contributed by atoms with Crippen LogP contribution in [-0.4, -0.2) is 50.2 Å². The maximum atomic E-state index is 11.8. The maximum Gasteiger partial charge on any atom is 0.411 e. The van der Waals surface area contributed by atoms with Gasteiger partial charge in [0.1, 0.15) is 35.8 Å². The number of aromatic nitrogens is 3. The summed E-state index contributed by atoms with van der Waals surface area (Å²) in [7, 11) is 0. The van der Waals surface area contributed by atoms with Gasteiger partial charge < -0.3 is 15.2 Å². The zero-order valence-electron chi connectivity index (χ0n) is 15.4. The van der Waals surface area contributed by atoms with Crippen LogP contribution in [0.2, 0.25) is 0 Å². The van der Waals surface area contributed by atoms with E-state index in [1.54, 1.807) is 12.4 Å². The van der Waals surface area contributed by atoms with E-state index < -0.39 is 24.6 Å². The third kappa shape index (κ3) is 4.16. The number of carbonyl (C=O) groups is 2. The monoisotopic (exact) mass is 411 g/mol. The van der Waals surface area contributed by atoms with E-state index in [0.717, 1.165) is 10.4 Å². The van der Waals surface area contributed by atoms with E-state index >= 15 is 0 Å². The smallest absolute Gasteiger partial charge is 0.411 e. The Balaban J connectivity index is 1.55. The van der Waals surface area contributed by atoms with Crippen LogP contribution in [0.4, 0.5) is 16.4 Å². The number of rotatable bonds is 6. The molecule has 0 radical (unpaired) electrons. The largest absolute Gasteiger partial charge is 0.480 e. The number of hydrogen-bond acceptors (Lipinski definition) is 8. The lowest BCUT2D eigenvalue weighted by molar-refractivity contribution is -0.137. The average molecular weight is 411 g/mol. The van der Waals surface area contributed by atoms with Gasteiger partial charge in [-0.15, -0.1) is 11.3 Å². The van der Waals surface area contributed by atoms with Crippen LogP contribution < -0.4 is 5.32 Å². The minimum atomic E-state index is -1.10. The van der Waals surface area contributed by atoms with Gasteiger partial charge in [-0.25, -0.2) is 19.7 Å². The van der Waals surface area contributed by atoms with Gasteiger partial charge in [-0.1, -0.05) is 6.07 Å². The van der Waals surface area contributed by atoms with Crippen LogP contribution in [0.25, 0.3) is 10.6 Å². The third-order valence-electron chi connectivity index (χ3n) is 4.26. The van der Waals surface area contributed by atoms with Gasteiger partial charge in [0.05, 0.1) is 10.6 Å². The number of aryl methyl sites for hydroxylation is 1. The number of amides is 1. The molecule has 1 aliphatic heterocycles. The van der Waals surface area contributed by atoms with Crippen LogP contribution in [0.5, 0.6) is 0 Å². The quantitative estimate of drug-likeness (QED) is 0.635. The zero-order valence-corrected chi connectivity index (χ0v) is 16.2. The molecule has 0 saturated carbocycles. The Hall–Kier alpha value is -3.53. The molecule has 10 heteroatoms. The lowest BCUT2D eigenvalue weighted by atomic mass is 10.3. The Morgan fingerprint density at radius 3 is 3.00 bits per heavy atom. The fraction of sp³-hybridized carbons (Fsp3) is 0.211. The van der Waals surface area contributed by atoms with Crippen molar-refractivity contribution in [1.29, 1.82) is 0 Å². The number of carboxylic acid groups (broad SMARTS) is 1. The van der Waals surface area contributed by atoms with Crippen LogP contribution >= 0.6 is 11.3 Å². The molecular weight excluding hydrogens is 394 g/mol. The molecule has 1 amide bonds. The van der Waals surface area contributed by atoms with Gasteiger partial charge in [0.25, 0.3) is 0 Å². The molecule has 3 aromatic rings. The van der Waals surface area contributed by atoms with E-state index in [1.807, 2.05) is 37.3 Å². The van der Waals surface area contributed by atoms with Gasteiger partial charge in [-0.05, 0) is 36.8 Å². The predicted octanol–water partition coefficient (Wildman–Crippen LogP) is 3.23. The summed E-state index contributed by atoms with van der Waals surface area (Å²) in [5, 5.41) is 12.8. The van der Waals surface area contributed by atoms with Crippen LogP contribution in [0, 0.1) is 6.92 Å². The normalized spacial score (nSPS) is 16.0. The molecule has 0 aliphatic carbocycles. The van der Waals surface area contributed by atoms with Crippen molar-refractivity contribution in [2.45, 2.75) is 13.0 Å². The molecular formula is C19H17N5O4S. The molecule has 2 N–H and O–H groups in total. The standard InChI is InChI=1S/C19H17N5O4S/c1-11-5-6-20-16(7-11)23-15-4-2-3-12(22-15)14-8-21-18(29-14)13-10-28-19(27)24(13)9-17(25)26/h2-8,13H,9-10H2,1H3,(H,25,26)(H,20,22,23)/t13-/m0/s1. The van der Waals surface area contributed by atoms with Crippen molar-refractivity contribution in [3.63, 3.8) is 0 Å². The van der Waals surface area contributed by atoms with Crippen molar-refractivity contribution in [3.8, 4) is 10.6 Å². The highest BCUT2D eigenvalue weighted by molar-refractivity contribution is 7.15. The summed E-state index contributed by atoms with van der Waals surface area (Å²) in [5.74, 6) is 0.240. The molecule has 0 unspecified atom stereocenters. The van der Waals surface area contributed by atoms with E-state index in [0.29, 0.717) is 22.3 Å². The number of nitrogens with zero attached hydrogens (tertiary/aromatic N) is 4. The number of cyclic esters (lactones) is 1. The first-order chi connectivity index (χ1) is 14.0. The van der Waals surface area contributed by atoms with E-state index in [-0.39, 0.29) is 6.61 Å². The molecule has 1 saturated heterocycles. The second-order valence-electron chi connectivity index (χ2n) is 6.43. The first kappa shape index (κ1) is 18.8. The first-order valence-corrected chi connectivity index (χ1v) is 9.59. The Morgan fingerprint density at radius 1 is 1.34 bits per heavy atom. The Kier molecular flexibility index (Phi) is 5.09. The number of carbonyl (C=O) groups excluding carboxylic acids is 1. The third-order valence-corrected chi connectivity index (χ3v) is 5.38. The highest BCUT2D eigenvalue weighted by Gasteiger charge is 2.37. The van der Waals surface area contributed by atoms with Gasteiger partial charge in [0.2, 0.25) is 0 Å². The fourth-order valence-electron chi connectivity index (χ4n) is 2.91. The van der Waals surface area contributed by atoms with E-state index in [9.17, 15) is 9.59 Å². The fourth-order valence-corrected chi connectivity index (χ4v) is 3.90. The molecule has 148 valence electrons. The maximum absolute atomic E-state index is 11.8. The minimum Gasteiger partial charge on any atom is -0.480 e. The topological polar surface area (TPSA) is 118 Å².